The summed E-state index contributed by atoms with van der Waals surface area (Å²) in [7, 11) is -3.65. The van der Waals surface area contributed by atoms with Crippen LogP contribution in [-0.2, 0) is 14.8 Å². The number of piperazine rings is 1. The summed E-state index contributed by atoms with van der Waals surface area (Å²) in [6.45, 7) is 6.59. The molecule has 1 fully saturated rings. The first-order chi connectivity index (χ1) is 14.3. The van der Waals surface area contributed by atoms with Crippen molar-refractivity contribution < 1.29 is 17.9 Å². The van der Waals surface area contributed by atoms with Crippen LogP contribution in [0.15, 0.2) is 54.6 Å². The Labute approximate surface area is 178 Å². The van der Waals surface area contributed by atoms with Gasteiger partial charge in [-0.05, 0) is 50.2 Å². The van der Waals surface area contributed by atoms with E-state index in [-0.39, 0.29) is 5.91 Å². The summed E-state index contributed by atoms with van der Waals surface area (Å²) in [5.74, 6) is 0.465. The van der Waals surface area contributed by atoms with Crippen molar-refractivity contribution in [3.63, 3.8) is 0 Å². The van der Waals surface area contributed by atoms with E-state index in [0.29, 0.717) is 44.2 Å². The number of hydrogen-bond donors (Lipinski definition) is 0. The minimum absolute atomic E-state index is 0.193. The highest BCUT2D eigenvalue weighted by molar-refractivity contribution is 7.92. The smallest absolute Gasteiger partial charge is 0.246 e. The molecule has 3 rings (SSSR count). The molecule has 0 N–H and O–H groups in total. The number of anilines is 2. The van der Waals surface area contributed by atoms with Crippen molar-refractivity contribution in [3.05, 3.63) is 54.6 Å². The summed E-state index contributed by atoms with van der Waals surface area (Å²) in [4.78, 5) is 17.1. The van der Waals surface area contributed by atoms with Gasteiger partial charge < -0.3 is 14.5 Å². The van der Waals surface area contributed by atoms with Crippen LogP contribution in [0.2, 0.25) is 0 Å². The third-order valence-electron chi connectivity index (χ3n) is 5.18. The minimum Gasteiger partial charge on any atom is -0.494 e. The molecule has 7 nitrogen and oxygen atoms in total. The van der Waals surface area contributed by atoms with Gasteiger partial charge in [0.25, 0.3) is 0 Å². The van der Waals surface area contributed by atoms with Crippen molar-refractivity contribution in [2.45, 2.75) is 19.9 Å². The fraction of sp³-hybridized carbons (Fsp3) is 0.409. The molecule has 2 aromatic rings. The lowest BCUT2D eigenvalue weighted by Gasteiger charge is -2.39. The fourth-order valence-electron chi connectivity index (χ4n) is 3.75. The third-order valence-corrected chi connectivity index (χ3v) is 6.42. The van der Waals surface area contributed by atoms with Gasteiger partial charge in [-0.2, -0.15) is 0 Å². The van der Waals surface area contributed by atoms with Crippen molar-refractivity contribution >= 4 is 27.3 Å². The summed E-state index contributed by atoms with van der Waals surface area (Å²) >= 11 is 0. The zero-order chi connectivity index (χ0) is 21.7. The molecule has 0 aromatic heterocycles. The molecular weight excluding hydrogens is 402 g/mol. The van der Waals surface area contributed by atoms with Gasteiger partial charge in [0, 0.05) is 31.9 Å². The number of amides is 1. The number of rotatable bonds is 7. The first kappa shape index (κ1) is 22.0. The first-order valence-corrected chi connectivity index (χ1v) is 12.0. The van der Waals surface area contributed by atoms with E-state index in [1.807, 2.05) is 25.1 Å². The molecule has 1 heterocycles. The van der Waals surface area contributed by atoms with Crippen LogP contribution in [0, 0.1) is 0 Å². The molecule has 1 saturated heterocycles. The minimum atomic E-state index is -3.65. The Hall–Kier alpha value is -2.74. The van der Waals surface area contributed by atoms with Gasteiger partial charge in [-0.25, -0.2) is 8.42 Å². The molecule has 8 heteroatoms. The Morgan fingerprint density at radius 3 is 2.17 bits per heavy atom. The lowest BCUT2D eigenvalue weighted by molar-refractivity contribution is -0.132. The normalized spacial score (nSPS) is 15.6. The third kappa shape index (κ3) is 5.05. The second kappa shape index (κ2) is 9.38. The van der Waals surface area contributed by atoms with E-state index in [2.05, 4.69) is 17.0 Å². The highest BCUT2D eigenvalue weighted by Gasteiger charge is 2.33. The monoisotopic (exact) mass is 431 g/mol. The number of benzene rings is 2. The molecule has 1 aliphatic rings. The van der Waals surface area contributed by atoms with E-state index in [1.54, 1.807) is 36.1 Å². The average Bonchev–Trinajstić information content (AvgIpc) is 2.74. The molecule has 0 saturated carbocycles. The van der Waals surface area contributed by atoms with Crippen molar-refractivity contribution in [2.75, 3.05) is 48.2 Å². The predicted octanol–water partition coefficient (Wildman–Crippen LogP) is 2.59. The molecule has 0 unspecified atom stereocenters. The second-order valence-electron chi connectivity index (χ2n) is 7.31. The fourth-order valence-corrected chi connectivity index (χ4v) is 4.92. The molecule has 162 valence electrons. The summed E-state index contributed by atoms with van der Waals surface area (Å²) in [6, 6.07) is 16.0. The van der Waals surface area contributed by atoms with E-state index in [9.17, 15) is 13.2 Å². The summed E-state index contributed by atoms with van der Waals surface area (Å²) in [5, 5.41) is 0. The molecule has 30 heavy (non-hydrogen) atoms. The maximum atomic E-state index is 13.1. The van der Waals surface area contributed by atoms with Gasteiger partial charge in [0.1, 0.15) is 11.8 Å². The first-order valence-electron chi connectivity index (χ1n) is 10.1. The Morgan fingerprint density at radius 1 is 1.03 bits per heavy atom. The van der Waals surface area contributed by atoms with E-state index in [0.717, 1.165) is 11.9 Å². The van der Waals surface area contributed by atoms with E-state index in [4.69, 9.17) is 4.74 Å². The summed E-state index contributed by atoms with van der Waals surface area (Å²) in [5.41, 5.74) is 1.58. The quantitative estimate of drug-likeness (QED) is 0.674. The molecule has 0 spiro atoms. The lowest BCUT2D eigenvalue weighted by atomic mass is 10.2. The molecule has 1 amide bonds. The van der Waals surface area contributed by atoms with Gasteiger partial charge in [-0.3, -0.25) is 9.10 Å². The molecule has 0 bridgehead atoms. The summed E-state index contributed by atoms with van der Waals surface area (Å²) < 4.78 is 31.7. The SMILES string of the molecule is CCOc1ccc(N([C@@H](C)C(=O)N2CCN(c3ccccc3)CC2)S(C)(=O)=O)cc1. The van der Waals surface area contributed by atoms with Crippen molar-refractivity contribution in [2.24, 2.45) is 0 Å². The van der Waals surface area contributed by atoms with Gasteiger partial charge in [0.05, 0.1) is 18.6 Å². The van der Waals surface area contributed by atoms with Crippen LogP contribution in [0.5, 0.6) is 5.75 Å². The number of ether oxygens (including phenoxy) is 1. The lowest BCUT2D eigenvalue weighted by Crippen LogP contribution is -2.55. The van der Waals surface area contributed by atoms with Crippen LogP contribution in [-0.4, -0.2) is 64.3 Å². The average molecular weight is 432 g/mol. The zero-order valence-corrected chi connectivity index (χ0v) is 18.5. The maximum Gasteiger partial charge on any atom is 0.246 e. The predicted molar refractivity (Wildman–Crippen MR) is 120 cm³/mol. The van der Waals surface area contributed by atoms with Crippen LogP contribution < -0.4 is 13.9 Å². The topological polar surface area (TPSA) is 70.2 Å². The zero-order valence-electron chi connectivity index (χ0n) is 17.7. The van der Waals surface area contributed by atoms with E-state index < -0.39 is 16.1 Å². The van der Waals surface area contributed by atoms with Crippen LogP contribution in [0.25, 0.3) is 0 Å². The molecule has 1 aliphatic heterocycles. The molecule has 2 aromatic carbocycles. The highest BCUT2D eigenvalue weighted by atomic mass is 32.2. The number of para-hydroxylation sites is 1. The Morgan fingerprint density at radius 2 is 1.63 bits per heavy atom. The van der Waals surface area contributed by atoms with Gasteiger partial charge in [0.15, 0.2) is 0 Å². The van der Waals surface area contributed by atoms with E-state index >= 15 is 0 Å². The Bertz CT molecular complexity index is 940. The molecule has 0 radical (unpaired) electrons. The van der Waals surface area contributed by atoms with Gasteiger partial charge >= 0.3 is 0 Å². The van der Waals surface area contributed by atoms with Crippen LogP contribution in [0.3, 0.4) is 0 Å². The van der Waals surface area contributed by atoms with Crippen LogP contribution >= 0.6 is 0 Å². The van der Waals surface area contributed by atoms with Crippen molar-refractivity contribution in [3.8, 4) is 5.75 Å². The van der Waals surface area contributed by atoms with Crippen LogP contribution in [0.4, 0.5) is 11.4 Å². The number of carbonyl (C=O) groups excluding carboxylic acids is 1. The van der Waals surface area contributed by atoms with Crippen molar-refractivity contribution in [1.82, 2.24) is 4.90 Å². The number of carbonyl (C=O) groups is 1. The Balaban J connectivity index is 1.72. The van der Waals surface area contributed by atoms with Gasteiger partial charge in [-0.15, -0.1) is 0 Å². The van der Waals surface area contributed by atoms with Crippen molar-refractivity contribution in [1.29, 1.82) is 0 Å². The largest absolute Gasteiger partial charge is 0.494 e. The maximum absolute atomic E-state index is 13.1. The highest BCUT2D eigenvalue weighted by Crippen LogP contribution is 2.25. The number of nitrogens with zero attached hydrogens (tertiary/aromatic N) is 3. The molecule has 1 atom stereocenters. The molecule has 0 aliphatic carbocycles. The van der Waals surface area contributed by atoms with E-state index in [1.165, 1.54) is 4.31 Å². The van der Waals surface area contributed by atoms with Gasteiger partial charge in [0.2, 0.25) is 15.9 Å². The number of hydrogen-bond acceptors (Lipinski definition) is 5. The molecular formula is C22H29N3O4S. The standard InChI is InChI=1S/C22H29N3O4S/c1-4-29-21-12-10-20(11-13-21)25(30(3,27)28)18(2)22(26)24-16-14-23(15-17-24)19-8-6-5-7-9-19/h5-13,18H,4,14-17H2,1-3H3/t18-/m0/s1. The van der Waals surface area contributed by atoms with Gasteiger partial charge in [-0.1, -0.05) is 18.2 Å². The second-order valence-corrected chi connectivity index (χ2v) is 9.17. The van der Waals surface area contributed by atoms with Crippen LogP contribution in [0.1, 0.15) is 13.8 Å². The summed E-state index contributed by atoms with van der Waals surface area (Å²) in [6.07, 6.45) is 1.13. The Kier molecular flexibility index (Phi) is 6.87. The number of sulfonamides is 1.